The highest BCUT2D eigenvalue weighted by Crippen LogP contribution is 2.66. The fourth-order valence-electron chi connectivity index (χ4n) is 8.49. The Balaban J connectivity index is 1.86. The van der Waals surface area contributed by atoms with Gasteiger partial charge in [0.05, 0.1) is 30.1 Å². The van der Waals surface area contributed by atoms with Gasteiger partial charge in [-0.05, 0) is 76.1 Å². The molecule has 3 heterocycles. The van der Waals surface area contributed by atoms with E-state index in [1.54, 1.807) is 26.9 Å². The number of aliphatic hydroxyl groups excluding tert-OH is 1. The summed E-state index contributed by atoms with van der Waals surface area (Å²) in [6, 6.07) is 6.28. The van der Waals surface area contributed by atoms with Crippen LogP contribution in [0.2, 0.25) is 0 Å². The van der Waals surface area contributed by atoms with Crippen LogP contribution in [0.1, 0.15) is 67.7 Å². The number of hydrogen-bond acceptors (Lipinski definition) is 6. The summed E-state index contributed by atoms with van der Waals surface area (Å²) in [6.45, 7) is 24.7. The first kappa shape index (κ1) is 35.7. The summed E-state index contributed by atoms with van der Waals surface area (Å²) in [4.78, 5) is 51.6. The van der Waals surface area contributed by atoms with E-state index < -0.39 is 35.1 Å². The third-order valence-corrected chi connectivity index (χ3v) is 10.6. The summed E-state index contributed by atoms with van der Waals surface area (Å²) in [6.07, 6.45) is 5.14. The maximum absolute atomic E-state index is 15.1. The average molecular weight is 637 g/mol. The largest absolute Gasteiger partial charge is 0.394 e. The second-order valence-corrected chi connectivity index (χ2v) is 13.9. The van der Waals surface area contributed by atoms with Crippen LogP contribution in [-0.4, -0.2) is 95.2 Å². The van der Waals surface area contributed by atoms with Crippen molar-refractivity contribution in [3.63, 3.8) is 0 Å². The number of anilines is 2. The Morgan fingerprint density at radius 2 is 1.67 bits per heavy atom. The second-order valence-electron chi connectivity index (χ2n) is 13.9. The maximum atomic E-state index is 15.1. The molecule has 254 valence electrons. The van der Waals surface area contributed by atoms with E-state index in [1.807, 2.05) is 52.0 Å². The van der Waals surface area contributed by atoms with E-state index in [-0.39, 0.29) is 42.7 Å². The zero-order valence-electron chi connectivity index (χ0n) is 29.1. The Hall–Kier alpha value is -3.17. The number of ether oxygens (including phenoxy) is 1. The molecule has 46 heavy (non-hydrogen) atoms. The van der Waals surface area contributed by atoms with Gasteiger partial charge in [-0.3, -0.25) is 14.4 Å². The molecule has 0 saturated carbocycles. The van der Waals surface area contributed by atoms with Gasteiger partial charge in [-0.2, -0.15) is 0 Å². The molecule has 3 amide bonds. The molecule has 9 nitrogen and oxygen atoms in total. The smallest absolute Gasteiger partial charge is 0.253 e. The Bertz CT molecular complexity index is 1280. The number of aliphatic hydroxyl groups is 1. The number of rotatable bonds is 16. The molecule has 0 aromatic heterocycles. The molecule has 0 aliphatic carbocycles. The highest BCUT2D eigenvalue weighted by atomic mass is 16.5. The molecular weight excluding hydrogens is 580 g/mol. The van der Waals surface area contributed by atoms with Gasteiger partial charge in [0.15, 0.2) is 0 Å². The van der Waals surface area contributed by atoms with Crippen LogP contribution in [0.25, 0.3) is 0 Å². The lowest BCUT2D eigenvalue weighted by molar-refractivity contribution is -0.154. The summed E-state index contributed by atoms with van der Waals surface area (Å²) < 4.78 is 7.00. The van der Waals surface area contributed by atoms with Crippen LogP contribution in [0, 0.1) is 23.7 Å². The van der Waals surface area contributed by atoms with Crippen LogP contribution in [0.4, 0.5) is 11.4 Å². The van der Waals surface area contributed by atoms with Gasteiger partial charge in [-0.1, -0.05) is 39.8 Å². The summed E-state index contributed by atoms with van der Waals surface area (Å²) in [5, 5.41) is 10.7. The van der Waals surface area contributed by atoms with Gasteiger partial charge in [-0.25, -0.2) is 0 Å². The standard InChI is InChI=1S/C37H56N4O5/c1-10-19-39(20-11-2)33(43)30-31-34(44)41(29(24-42)22-25(6)7)32(37(31)23-26(8)36(30,9)46-37)35(45)40(21-12-3)28-17-15-27(16-18-28)38(13-4)14-5/h10,12,15-18,25-26,29-32,42H,1,3,11,13-14,19-24H2,2,4-9H3/t26?,29-,30+,31+,32?,36-,37?/m1/s1. The lowest BCUT2D eigenvalue weighted by atomic mass is 9.62. The normalized spacial score (nSPS) is 28.7. The van der Waals surface area contributed by atoms with Gasteiger partial charge in [0.2, 0.25) is 11.8 Å². The molecule has 2 bridgehead atoms. The highest BCUT2D eigenvalue weighted by molar-refractivity contribution is 6.05. The maximum Gasteiger partial charge on any atom is 0.253 e. The molecule has 3 unspecified atom stereocenters. The lowest BCUT2D eigenvalue weighted by Gasteiger charge is -2.40. The summed E-state index contributed by atoms with van der Waals surface area (Å²) in [5.41, 5.74) is -0.376. The lowest BCUT2D eigenvalue weighted by Crippen LogP contribution is -2.59. The molecule has 3 aliphatic heterocycles. The van der Waals surface area contributed by atoms with Crippen molar-refractivity contribution in [1.29, 1.82) is 0 Å². The first-order valence-electron chi connectivity index (χ1n) is 17.2. The van der Waals surface area contributed by atoms with E-state index in [9.17, 15) is 14.7 Å². The molecule has 4 rings (SSSR count). The van der Waals surface area contributed by atoms with E-state index in [0.717, 1.165) is 25.2 Å². The van der Waals surface area contributed by atoms with Crippen LogP contribution in [0.15, 0.2) is 49.6 Å². The number of carbonyl (C=O) groups excluding carboxylic acids is 3. The van der Waals surface area contributed by atoms with E-state index in [1.165, 1.54) is 0 Å². The number of benzene rings is 1. The van der Waals surface area contributed by atoms with Gasteiger partial charge in [0.25, 0.3) is 5.91 Å². The number of carbonyl (C=O) groups is 3. The second kappa shape index (κ2) is 14.3. The zero-order valence-corrected chi connectivity index (χ0v) is 29.1. The van der Waals surface area contributed by atoms with Gasteiger partial charge in [0, 0.05) is 44.1 Å². The van der Waals surface area contributed by atoms with E-state index in [0.29, 0.717) is 31.6 Å². The van der Waals surface area contributed by atoms with Crippen LogP contribution >= 0.6 is 0 Å². The minimum Gasteiger partial charge on any atom is -0.394 e. The molecule has 1 aromatic carbocycles. The van der Waals surface area contributed by atoms with Crippen LogP contribution in [-0.2, 0) is 19.1 Å². The molecule has 3 fully saturated rings. The SMILES string of the molecule is C=CCN(CCC)C(=O)[C@@H]1[C@H]2C(=O)N([C@@H](CO)CC(C)C)C(C(=O)N(CC=C)c3ccc(N(CC)CC)cc3)C23CC(C)[C@@]1(C)O3. The van der Waals surface area contributed by atoms with E-state index in [2.05, 4.69) is 38.8 Å². The molecule has 1 spiro atoms. The molecule has 3 aliphatic rings. The van der Waals surface area contributed by atoms with Crippen molar-refractivity contribution in [3.8, 4) is 0 Å². The van der Waals surface area contributed by atoms with E-state index >= 15 is 4.79 Å². The number of likely N-dealkylation sites (tertiary alicyclic amines) is 1. The van der Waals surface area contributed by atoms with E-state index in [4.69, 9.17) is 4.74 Å². The number of fused-ring (bicyclic) bond motifs is 1. The fraction of sp³-hybridized carbons (Fsp3) is 0.649. The Morgan fingerprint density at radius 1 is 1.07 bits per heavy atom. The van der Waals surface area contributed by atoms with Gasteiger partial charge >= 0.3 is 0 Å². The summed E-state index contributed by atoms with van der Waals surface area (Å²) in [7, 11) is 0. The number of nitrogens with zero attached hydrogens (tertiary/aromatic N) is 4. The summed E-state index contributed by atoms with van der Waals surface area (Å²) in [5.74, 6) is -2.21. The Morgan fingerprint density at radius 3 is 2.20 bits per heavy atom. The van der Waals surface area contributed by atoms with Gasteiger partial charge < -0.3 is 29.4 Å². The first-order chi connectivity index (χ1) is 21.9. The van der Waals surface area contributed by atoms with Gasteiger partial charge in [0.1, 0.15) is 11.6 Å². The molecule has 9 heteroatoms. The zero-order chi connectivity index (χ0) is 34.0. The number of amides is 3. The van der Waals surface area contributed by atoms with Crippen LogP contribution in [0.5, 0.6) is 0 Å². The molecule has 0 radical (unpaired) electrons. The molecule has 3 saturated heterocycles. The van der Waals surface area contributed by atoms with Crippen molar-refractivity contribution in [2.45, 2.75) is 91.0 Å². The monoisotopic (exact) mass is 636 g/mol. The third kappa shape index (κ3) is 5.89. The molecule has 1 aromatic rings. The number of hydrogen-bond donors (Lipinski definition) is 1. The van der Waals surface area contributed by atoms with Crippen LogP contribution < -0.4 is 9.80 Å². The quantitative estimate of drug-likeness (QED) is 0.260. The van der Waals surface area contributed by atoms with Crippen molar-refractivity contribution in [3.05, 3.63) is 49.6 Å². The van der Waals surface area contributed by atoms with Crippen molar-refractivity contribution in [2.24, 2.45) is 23.7 Å². The van der Waals surface area contributed by atoms with Crippen molar-refractivity contribution < 1.29 is 24.2 Å². The highest BCUT2D eigenvalue weighted by Gasteiger charge is 2.80. The minimum absolute atomic E-state index is 0.0770. The average Bonchev–Trinajstić information content (AvgIpc) is 3.55. The summed E-state index contributed by atoms with van der Waals surface area (Å²) >= 11 is 0. The minimum atomic E-state index is -1.21. The van der Waals surface area contributed by atoms with Crippen LogP contribution in [0.3, 0.4) is 0 Å². The Labute approximate surface area is 276 Å². The Kier molecular flexibility index (Phi) is 11.1. The molecule has 1 N–H and O–H groups in total. The molecule has 7 atom stereocenters. The fourth-order valence-corrected chi connectivity index (χ4v) is 8.49. The van der Waals surface area contributed by atoms with Crippen molar-refractivity contribution in [2.75, 3.05) is 49.1 Å². The third-order valence-electron chi connectivity index (χ3n) is 10.6. The predicted octanol–water partition coefficient (Wildman–Crippen LogP) is 4.89. The molecular formula is C37H56N4O5. The topological polar surface area (TPSA) is 93.6 Å². The van der Waals surface area contributed by atoms with Gasteiger partial charge in [-0.15, -0.1) is 13.2 Å². The van der Waals surface area contributed by atoms with Crippen molar-refractivity contribution in [1.82, 2.24) is 9.80 Å². The van der Waals surface area contributed by atoms with Crippen molar-refractivity contribution >= 4 is 29.1 Å². The first-order valence-corrected chi connectivity index (χ1v) is 17.2. The predicted molar refractivity (Wildman–Crippen MR) is 184 cm³/mol.